The van der Waals surface area contributed by atoms with Gasteiger partial charge in [-0.25, -0.2) is 0 Å². The number of hydrogen-bond acceptors (Lipinski definition) is 3. The summed E-state index contributed by atoms with van der Waals surface area (Å²) < 4.78 is 5.57. The topological polar surface area (TPSA) is 32.8 Å². The summed E-state index contributed by atoms with van der Waals surface area (Å²) >= 11 is 0. The van der Waals surface area contributed by atoms with Crippen molar-refractivity contribution in [2.75, 3.05) is 26.7 Å². The second kappa shape index (κ2) is 6.75. The molecule has 0 N–H and O–H groups in total. The molecule has 4 rings (SSSR count). The van der Waals surface area contributed by atoms with Crippen LogP contribution in [-0.4, -0.2) is 54.5 Å². The minimum absolute atomic E-state index is 0.365. The summed E-state index contributed by atoms with van der Waals surface area (Å²) in [5.74, 6) is 1.39. The minimum Gasteiger partial charge on any atom is -0.493 e. The average Bonchev–Trinajstić information content (AvgIpc) is 3.31. The first-order chi connectivity index (χ1) is 11.7. The normalized spacial score (nSPS) is 21.4. The smallest absolute Gasteiger partial charge is 0.223 e. The monoisotopic (exact) mass is 328 g/mol. The standard InChI is InChI=1S/C20H28N2O2/c1-21-11-8-18(9-12-21)22(17-4-5-17)20(23)7-3-15-2-6-19-16(14-15)10-13-24-19/h2,6,14,17-18H,3-5,7-13H2,1H3. The van der Waals surface area contributed by atoms with Crippen LogP contribution in [0.25, 0.3) is 0 Å². The van der Waals surface area contributed by atoms with Crippen molar-refractivity contribution >= 4 is 5.91 Å². The summed E-state index contributed by atoms with van der Waals surface area (Å²) in [5.41, 5.74) is 2.57. The lowest BCUT2D eigenvalue weighted by Gasteiger charge is -2.37. The maximum Gasteiger partial charge on any atom is 0.223 e. The van der Waals surface area contributed by atoms with Crippen LogP contribution in [0.5, 0.6) is 5.75 Å². The van der Waals surface area contributed by atoms with Crippen LogP contribution >= 0.6 is 0 Å². The first-order valence-electron chi connectivity index (χ1n) is 9.45. The summed E-state index contributed by atoms with van der Waals surface area (Å²) in [4.78, 5) is 17.5. The first-order valence-corrected chi connectivity index (χ1v) is 9.45. The minimum atomic E-state index is 0.365. The van der Waals surface area contributed by atoms with E-state index in [0.717, 1.165) is 51.1 Å². The molecule has 2 heterocycles. The van der Waals surface area contributed by atoms with Crippen LogP contribution in [0.15, 0.2) is 18.2 Å². The number of likely N-dealkylation sites (tertiary alicyclic amines) is 1. The molecule has 1 aliphatic carbocycles. The van der Waals surface area contributed by atoms with Crippen molar-refractivity contribution in [3.05, 3.63) is 29.3 Å². The number of ether oxygens (including phenoxy) is 1. The Morgan fingerprint density at radius 3 is 2.71 bits per heavy atom. The third-order valence-electron chi connectivity index (χ3n) is 5.69. The van der Waals surface area contributed by atoms with E-state index in [9.17, 15) is 4.79 Å². The van der Waals surface area contributed by atoms with Gasteiger partial charge < -0.3 is 14.5 Å². The molecule has 1 aromatic carbocycles. The number of hydrogen-bond donors (Lipinski definition) is 0. The average molecular weight is 328 g/mol. The summed E-state index contributed by atoms with van der Waals surface area (Å²) in [6, 6.07) is 7.41. The Morgan fingerprint density at radius 2 is 1.96 bits per heavy atom. The molecule has 0 atom stereocenters. The summed E-state index contributed by atoms with van der Waals surface area (Å²) in [6.07, 6.45) is 7.16. The number of fused-ring (bicyclic) bond motifs is 1. The van der Waals surface area contributed by atoms with Crippen molar-refractivity contribution in [1.82, 2.24) is 9.80 Å². The molecule has 1 aromatic rings. The molecule has 1 saturated heterocycles. The van der Waals surface area contributed by atoms with Crippen molar-refractivity contribution in [3.8, 4) is 5.75 Å². The Labute approximate surface area is 144 Å². The molecule has 2 fully saturated rings. The van der Waals surface area contributed by atoms with Gasteiger partial charge in [0.15, 0.2) is 0 Å². The fraction of sp³-hybridized carbons (Fsp3) is 0.650. The Bertz CT molecular complexity index is 604. The van der Waals surface area contributed by atoms with E-state index in [0.29, 0.717) is 24.4 Å². The van der Waals surface area contributed by atoms with Crippen molar-refractivity contribution in [2.24, 2.45) is 0 Å². The largest absolute Gasteiger partial charge is 0.493 e. The van der Waals surface area contributed by atoms with Crippen LogP contribution < -0.4 is 4.74 Å². The highest BCUT2D eigenvalue weighted by atomic mass is 16.5. The molecular weight excluding hydrogens is 300 g/mol. The molecular formula is C20H28N2O2. The summed E-state index contributed by atoms with van der Waals surface area (Å²) in [5, 5.41) is 0. The summed E-state index contributed by atoms with van der Waals surface area (Å²) in [7, 11) is 2.18. The second-order valence-electron chi connectivity index (χ2n) is 7.61. The molecule has 3 aliphatic rings. The van der Waals surface area contributed by atoms with Crippen molar-refractivity contribution < 1.29 is 9.53 Å². The molecule has 0 unspecified atom stereocenters. The molecule has 4 heteroatoms. The van der Waals surface area contributed by atoms with E-state index in [-0.39, 0.29) is 0 Å². The number of rotatable bonds is 5. The highest BCUT2D eigenvalue weighted by Gasteiger charge is 2.37. The Balaban J connectivity index is 1.37. The predicted octanol–water partition coefficient (Wildman–Crippen LogP) is 2.64. The SMILES string of the molecule is CN1CCC(N(C(=O)CCc2ccc3c(c2)CCO3)C2CC2)CC1. The molecule has 1 amide bonds. The highest BCUT2D eigenvalue weighted by molar-refractivity contribution is 5.77. The molecule has 24 heavy (non-hydrogen) atoms. The zero-order valence-electron chi connectivity index (χ0n) is 14.7. The molecule has 130 valence electrons. The maximum atomic E-state index is 12.9. The van der Waals surface area contributed by atoms with Crippen molar-refractivity contribution in [1.29, 1.82) is 0 Å². The Kier molecular flexibility index (Phi) is 4.49. The number of carbonyl (C=O) groups excluding carboxylic acids is 1. The van der Waals surface area contributed by atoms with Crippen LogP contribution in [-0.2, 0) is 17.6 Å². The Hall–Kier alpha value is -1.55. The van der Waals surface area contributed by atoms with Crippen molar-refractivity contribution in [3.63, 3.8) is 0 Å². The second-order valence-corrected chi connectivity index (χ2v) is 7.61. The van der Waals surface area contributed by atoms with Crippen LogP contribution in [0, 0.1) is 0 Å². The molecule has 0 spiro atoms. The number of nitrogens with zero attached hydrogens (tertiary/aromatic N) is 2. The van der Waals surface area contributed by atoms with Gasteiger partial charge in [0.2, 0.25) is 5.91 Å². The van der Waals surface area contributed by atoms with Gasteiger partial charge in [0.1, 0.15) is 5.75 Å². The van der Waals surface area contributed by atoms with Crippen LogP contribution in [0.3, 0.4) is 0 Å². The van der Waals surface area contributed by atoms with Crippen LogP contribution in [0.2, 0.25) is 0 Å². The maximum absolute atomic E-state index is 12.9. The van der Waals surface area contributed by atoms with E-state index in [2.05, 4.69) is 35.0 Å². The lowest BCUT2D eigenvalue weighted by atomic mass is 10.0. The van der Waals surface area contributed by atoms with Crippen molar-refractivity contribution in [2.45, 2.75) is 57.0 Å². The Morgan fingerprint density at radius 1 is 1.21 bits per heavy atom. The number of piperidine rings is 1. The van der Waals surface area contributed by atoms with Crippen LogP contribution in [0.1, 0.15) is 43.2 Å². The zero-order valence-corrected chi connectivity index (χ0v) is 14.7. The van der Waals surface area contributed by atoms with Gasteiger partial charge >= 0.3 is 0 Å². The number of benzene rings is 1. The van der Waals surface area contributed by atoms with Gasteiger partial charge in [0.05, 0.1) is 6.61 Å². The number of aryl methyl sites for hydroxylation is 1. The lowest BCUT2D eigenvalue weighted by molar-refractivity contribution is -0.135. The third-order valence-corrected chi connectivity index (χ3v) is 5.69. The fourth-order valence-electron chi connectivity index (χ4n) is 4.11. The molecule has 1 saturated carbocycles. The predicted molar refractivity (Wildman–Crippen MR) is 94.3 cm³/mol. The molecule has 2 aliphatic heterocycles. The molecule has 0 radical (unpaired) electrons. The van der Waals surface area contributed by atoms with Gasteiger partial charge in [-0.1, -0.05) is 12.1 Å². The molecule has 0 bridgehead atoms. The number of amides is 1. The van der Waals surface area contributed by atoms with E-state index < -0.39 is 0 Å². The van der Waals surface area contributed by atoms with Gasteiger partial charge in [-0.2, -0.15) is 0 Å². The lowest BCUT2D eigenvalue weighted by Crippen LogP contribution is -2.47. The van der Waals surface area contributed by atoms with E-state index in [4.69, 9.17) is 4.74 Å². The van der Waals surface area contributed by atoms with Gasteiger partial charge in [-0.05, 0) is 69.4 Å². The van der Waals surface area contributed by atoms with Gasteiger partial charge in [0.25, 0.3) is 0 Å². The first kappa shape index (κ1) is 15.9. The fourth-order valence-corrected chi connectivity index (χ4v) is 4.11. The third kappa shape index (κ3) is 3.44. The summed E-state index contributed by atoms with van der Waals surface area (Å²) in [6.45, 7) is 3.03. The van der Waals surface area contributed by atoms with E-state index >= 15 is 0 Å². The zero-order chi connectivity index (χ0) is 16.5. The van der Waals surface area contributed by atoms with Crippen LogP contribution in [0.4, 0.5) is 0 Å². The van der Waals surface area contributed by atoms with E-state index in [1.165, 1.54) is 24.0 Å². The number of carbonyl (C=O) groups is 1. The van der Waals surface area contributed by atoms with Gasteiger partial charge in [-0.3, -0.25) is 4.79 Å². The molecule has 4 nitrogen and oxygen atoms in total. The molecule has 0 aromatic heterocycles. The quantitative estimate of drug-likeness (QED) is 0.833. The van der Waals surface area contributed by atoms with E-state index in [1.807, 2.05) is 0 Å². The van der Waals surface area contributed by atoms with E-state index in [1.54, 1.807) is 0 Å². The highest BCUT2D eigenvalue weighted by Crippen LogP contribution is 2.33. The van der Waals surface area contributed by atoms with Gasteiger partial charge in [-0.15, -0.1) is 0 Å². The van der Waals surface area contributed by atoms with Gasteiger partial charge in [0, 0.05) is 24.9 Å².